The summed E-state index contributed by atoms with van der Waals surface area (Å²) in [5.41, 5.74) is 1.28. The summed E-state index contributed by atoms with van der Waals surface area (Å²) in [6.45, 7) is 1.65. The molecule has 6 nitrogen and oxygen atoms in total. The second-order valence-electron chi connectivity index (χ2n) is 9.95. The van der Waals surface area contributed by atoms with Crippen LogP contribution >= 0.6 is 0 Å². The number of nitrogens with one attached hydrogen (secondary N) is 1. The maximum absolute atomic E-state index is 13.8. The van der Waals surface area contributed by atoms with Crippen molar-refractivity contribution < 1.29 is 32.5 Å². The van der Waals surface area contributed by atoms with Crippen molar-refractivity contribution in [1.82, 2.24) is 9.88 Å². The zero-order valence-electron chi connectivity index (χ0n) is 21.3. The average Bonchev–Trinajstić information content (AvgIpc) is 2.94. The Hall–Kier alpha value is -2.95. The number of aliphatic hydroxyl groups excluding tert-OH is 2. The van der Waals surface area contributed by atoms with E-state index in [1.165, 1.54) is 6.20 Å². The summed E-state index contributed by atoms with van der Waals surface area (Å²) < 4.78 is 59.1. The summed E-state index contributed by atoms with van der Waals surface area (Å²) in [6.07, 6.45) is 2.85. The second-order valence-corrected chi connectivity index (χ2v) is 9.95. The molecule has 2 heterocycles. The van der Waals surface area contributed by atoms with Crippen LogP contribution in [-0.4, -0.2) is 60.0 Å². The molecule has 2 aromatic carbocycles. The summed E-state index contributed by atoms with van der Waals surface area (Å²) in [7, 11) is 1.54. The van der Waals surface area contributed by atoms with E-state index < -0.39 is 30.2 Å². The van der Waals surface area contributed by atoms with Crippen molar-refractivity contribution >= 4 is 16.6 Å². The van der Waals surface area contributed by atoms with E-state index in [9.17, 15) is 27.8 Å². The third-order valence-corrected chi connectivity index (χ3v) is 7.62. The highest BCUT2D eigenvalue weighted by Gasteiger charge is 2.34. The molecule has 1 aromatic heterocycles. The van der Waals surface area contributed by atoms with Crippen LogP contribution in [0.4, 0.5) is 23.2 Å². The van der Waals surface area contributed by atoms with Crippen molar-refractivity contribution in [2.45, 2.75) is 38.5 Å². The van der Waals surface area contributed by atoms with Crippen LogP contribution < -0.4 is 10.1 Å². The topological polar surface area (TPSA) is 77.8 Å². The van der Waals surface area contributed by atoms with Crippen molar-refractivity contribution in [3.05, 3.63) is 65.1 Å². The first-order valence-electron chi connectivity index (χ1n) is 12.7. The Kier molecular flexibility index (Phi) is 9.07. The van der Waals surface area contributed by atoms with Crippen LogP contribution in [0.25, 0.3) is 10.9 Å². The molecule has 4 rings (SSSR count). The number of benzene rings is 2. The van der Waals surface area contributed by atoms with E-state index in [2.05, 4.69) is 15.2 Å². The Morgan fingerprint density at radius 3 is 2.47 bits per heavy atom. The molecule has 206 valence electrons. The minimum Gasteiger partial charge on any atom is -0.497 e. The predicted molar refractivity (Wildman–Crippen MR) is 137 cm³/mol. The first-order chi connectivity index (χ1) is 18.3. The van der Waals surface area contributed by atoms with E-state index in [1.54, 1.807) is 25.3 Å². The van der Waals surface area contributed by atoms with Crippen LogP contribution in [0.15, 0.2) is 36.5 Å². The number of rotatable bonds is 11. The largest absolute Gasteiger partial charge is 0.497 e. The Morgan fingerprint density at radius 1 is 1.13 bits per heavy atom. The van der Waals surface area contributed by atoms with Gasteiger partial charge in [0.25, 0.3) is 0 Å². The van der Waals surface area contributed by atoms with Crippen LogP contribution in [0, 0.1) is 22.9 Å². The lowest BCUT2D eigenvalue weighted by atomic mass is 9.74. The molecular formula is C28H33F4N3O3. The number of hydrogen-bond acceptors (Lipinski definition) is 6. The number of methoxy groups -OCH3 is 1. The van der Waals surface area contributed by atoms with Crippen LogP contribution in [0.3, 0.4) is 0 Å². The predicted octanol–water partition coefficient (Wildman–Crippen LogP) is 5.13. The first kappa shape index (κ1) is 28.1. The lowest BCUT2D eigenvalue weighted by molar-refractivity contribution is 0.0247. The van der Waals surface area contributed by atoms with Crippen LogP contribution in [0.5, 0.6) is 5.75 Å². The second kappa shape index (κ2) is 12.3. The zero-order chi connectivity index (χ0) is 27.3. The van der Waals surface area contributed by atoms with Crippen molar-refractivity contribution in [1.29, 1.82) is 0 Å². The summed E-state index contributed by atoms with van der Waals surface area (Å²) in [5, 5.41) is 25.0. The summed E-state index contributed by atoms with van der Waals surface area (Å²) in [6, 6.07) is 7.14. The fourth-order valence-corrected chi connectivity index (χ4v) is 5.20. The maximum Gasteiger partial charge on any atom is 0.194 e. The Balaban J connectivity index is 1.34. The lowest BCUT2D eigenvalue weighted by Gasteiger charge is -2.41. The number of halogens is 4. The van der Waals surface area contributed by atoms with E-state index in [0.29, 0.717) is 79.6 Å². The van der Waals surface area contributed by atoms with Gasteiger partial charge < -0.3 is 25.2 Å². The normalized spacial score (nSPS) is 16.5. The number of pyridine rings is 1. The molecule has 0 radical (unpaired) electrons. The minimum atomic E-state index is -1.49. The number of likely N-dealkylation sites (tertiary alicyclic amines) is 1. The van der Waals surface area contributed by atoms with Crippen molar-refractivity contribution in [3.8, 4) is 5.75 Å². The number of nitrogens with zero attached hydrogens (tertiary/aromatic N) is 2. The number of hydrogen-bond donors (Lipinski definition) is 3. The number of aliphatic hydroxyl groups is 2. The smallest absolute Gasteiger partial charge is 0.194 e. The Labute approximate surface area is 219 Å². The third kappa shape index (κ3) is 6.19. The van der Waals surface area contributed by atoms with E-state index in [-0.39, 0.29) is 17.7 Å². The summed E-state index contributed by atoms with van der Waals surface area (Å²) in [4.78, 5) is 6.48. The molecule has 0 spiro atoms. The van der Waals surface area contributed by atoms with Crippen LogP contribution in [-0.2, 0) is 6.67 Å². The highest BCUT2D eigenvalue weighted by Crippen LogP contribution is 2.40. The highest BCUT2D eigenvalue weighted by molar-refractivity contribution is 5.85. The third-order valence-electron chi connectivity index (χ3n) is 7.62. The van der Waals surface area contributed by atoms with Gasteiger partial charge in [0, 0.05) is 54.7 Å². The monoisotopic (exact) mass is 535 g/mol. The number of fused-ring (bicyclic) bond motifs is 1. The van der Waals surface area contributed by atoms with E-state index >= 15 is 0 Å². The molecule has 1 saturated heterocycles. The van der Waals surface area contributed by atoms with Crippen LogP contribution in [0.2, 0.25) is 0 Å². The highest BCUT2D eigenvalue weighted by atomic mass is 19.2. The zero-order valence-corrected chi connectivity index (χ0v) is 21.3. The number of piperidine rings is 1. The number of aromatic nitrogens is 1. The molecule has 0 aliphatic carbocycles. The van der Waals surface area contributed by atoms with Gasteiger partial charge >= 0.3 is 0 Å². The van der Waals surface area contributed by atoms with Gasteiger partial charge in [0.1, 0.15) is 12.4 Å². The molecule has 3 N–H and O–H groups in total. The molecule has 0 amide bonds. The van der Waals surface area contributed by atoms with Gasteiger partial charge in [-0.05, 0) is 68.0 Å². The fourth-order valence-electron chi connectivity index (χ4n) is 5.20. The van der Waals surface area contributed by atoms with E-state index in [0.717, 1.165) is 12.1 Å². The SMILES string of the molecule is COc1ccc2ncc(CF)c([C@@H](O)CCC3(CO)CCN(CCNc4cc(F)c(F)c(F)c4)CC3)c2c1. The van der Waals surface area contributed by atoms with Gasteiger partial charge in [-0.3, -0.25) is 4.98 Å². The van der Waals surface area contributed by atoms with Crippen molar-refractivity contribution in [3.63, 3.8) is 0 Å². The van der Waals surface area contributed by atoms with Gasteiger partial charge in [-0.1, -0.05) is 0 Å². The number of anilines is 1. The fraction of sp³-hybridized carbons (Fsp3) is 0.464. The van der Waals surface area contributed by atoms with Gasteiger partial charge in [0.15, 0.2) is 17.5 Å². The molecule has 1 fully saturated rings. The minimum absolute atomic E-state index is 0.0270. The van der Waals surface area contributed by atoms with E-state index in [1.807, 2.05) is 0 Å². The molecule has 1 aliphatic heterocycles. The van der Waals surface area contributed by atoms with Gasteiger partial charge in [0.05, 0.1) is 18.7 Å². The van der Waals surface area contributed by atoms with Crippen molar-refractivity contribution in [2.24, 2.45) is 5.41 Å². The lowest BCUT2D eigenvalue weighted by Crippen LogP contribution is -2.43. The molecule has 1 aliphatic rings. The first-order valence-corrected chi connectivity index (χ1v) is 12.7. The molecule has 38 heavy (non-hydrogen) atoms. The molecule has 0 saturated carbocycles. The molecule has 0 bridgehead atoms. The van der Waals surface area contributed by atoms with Gasteiger partial charge in [-0.25, -0.2) is 17.6 Å². The Morgan fingerprint density at radius 2 is 1.84 bits per heavy atom. The molecule has 3 aromatic rings. The maximum atomic E-state index is 13.8. The molecular weight excluding hydrogens is 502 g/mol. The standard InChI is InChI=1S/C28H33F4N3O3/c1-38-20-2-3-24-21(14-20)26(18(15-29)16-34-24)25(37)4-5-28(17-36)6-9-35(10-7-28)11-8-33-19-12-22(30)27(32)23(31)13-19/h2-3,12-14,16,25,33,36-37H,4-11,15,17H2,1H3/t25-/m0/s1. The van der Waals surface area contributed by atoms with Crippen molar-refractivity contribution in [2.75, 3.05) is 45.2 Å². The van der Waals surface area contributed by atoms with Gasteiger partial charge in [0.2, 0.25) is 0 Å². The number of alkyl halides is 1. The molecule has 1 atom stereocenters. The molecule has 10 heteroatoms. The summed E-state index contributed by atoms with van der Waals surface area (Å²) >= 11 is 0. The quantitative estimate of drug-likeness (QED) is 0.234. The molecule has 0 unspecified atom stereocenters. The Bertz CT molecular complexity index is 1220. The van der Waals surface area contributed by atoms with Gasteiger partial charge in [-0.2, -0.15) is 0 Å². The van der Waals surface area contributed by atoms with Crippen LogP contribution in [0.1, 0.15) is 42.9 Å². The van der Waals surface area contributed by atoms with Gasteiger partial charge in [-0.15, -0.1) is 0 Å². The summed E-state index contributed by atoms with van der Waals surface area (Å²) in [5.74, 6) is -3.38. The number of ether oxygens (including phenoxy) is 1. The average molecular weight is 536 g/mol. The van der Waals surface area contributed by atoms with E-state index in [4.69, 9.17) is 4.74 Å².